The largest absolute Gasteiger partial charge is 0.459 e. The Labute approximate surface area is 252 Å². The fourth-order valence-corrected chi connectivity index (χ4v) is 5.23. The van der Waals surface area contributed by atoms with Crippen LogP contribution in [0.15, 0.2) is 110 Å². The van der Waals surface area contributed by atoms with E-state index in [1.54, 1.807) is 12.1 Å². The molecule has 2 heterocycles. The van der Waals surface area contributed by atoms with Crippen LogP contribution < -0.4 is 5.32 Å². The summed E-state index contributed by atoms with van der Waals surface area (Å²) < 4.78 is 21.7. The number of rotatable bonds is 9. The van der Waals surface area contributed by atoms with Gasteiger partial charge in [0.05, 0.1) is 17.9 Å². The standard InChI is InChI=1S/C33H31FN2O3.C3H6O/c1-22(2)31-30(33(38)35-26-12-7-4-8-13-26)29(23-10-5-3-6-11-23)32(24-16-18-25(34)19-17-24)36(31)21-20-27-14-9-15-28(37)39-27;1-2-3-4/h3-13,15-19,22,27H,14,20-21H2,1-2H3,(H,35,38);2,4H,1,3H2/t27-;/m0./s1. The molecular formula is C36H37FN2O4. The van der Waals surface area contributed by atoms with Gasteiger partial charge in [0.25, 0.3) is 5.91 Å². The number of halogens is 1. The lowest BCUT2D eigenvalue weighted by molar-refractivity contribution is -0.144. The Morgan fingerprint density at radius 2 is 1.67 bits per heavy atom. The number of para-hydroxylation sites is 1. The molecule has 0 bridgehead atoms. The first-order chi connectivity index (χ1) is 20.8. The monoisotopic (exact) mass is 580 g/mol. The molecule has 0 aliphatic carbocycles. The quantitative estimate of drug-likeness (QED) is 0.157. The second-order valence-electron chi connectivity index (χ2n) is 10.4. The zero-order chi connectivity index (χ0) is 30.8. The van der Waals surface area contributed by atoms with Crippen LogP contribution in [0.2, 0.25) is 0 Å². The SMILES string of the molecule is C=CCO.CC(C)c1c(C(=O)Nc2ccccc2)c(-c2ccccc2)c(-c2ccc(F)cc2)n1CC[C@@H]1CC=CC(=O)O1. The topological polar surface area (TPSA) is 80.6 Å². The van der Waals surface area contributed by atoms with E-state index < -0.39 is 0 Å². The summed E-state index contributed by atoms with van der Waals surface area (Å²) in [7, 11) is 0. The number of cyclic esters (lactones) is 1. The third kappa shape index (κ3) is 7.76. The van der Waals surface area contributed by atoms with E-state index in [0.29, 0.717) is 30.6 Å². The number of hydrogen-bond acceptors (Lipinski definition) is 4. The van der Waals surface area contributed by atoms with E-state index in [0.717, 1.165) is 28.1 Å². The van der Waals surface area contributed by atoms with Crippen molar-refractivity contribution in [2.75, 3.05) is 11.9 Å². The van der Waals surface area contributed by atoms with Gasteiger partial charge in [-0.05, 0) is 53.4 Å². The van der Waals surface area contributed by atoms with Gasteiger partial charge in [0.1, 0.15) is 11.9 Å². The van der Waals surface area contributed by atoms with Crippen LogP contribution in [0, 0.1) is 5.82 Å². The smallest absolute Gasteiger partial charge is 0.330 e. The first kappa shape index (κ1) is 31.2. The van der Waals surface area contributed by atoms with Crippen LogP contribution in [0.25, 0.3) is 22.4 Å². The molecule has 3 aromatic carbocycles. The normalized spacial score (nSPS) is 14.1. The third-order valence-corrected chi connectivity index (χ3v) is 7.03. The van der Waals surface area contributed by atoms with Gasteiger partial charge in [0.15, 0.2) is 0 Å². The molecule has 0 unspecified atom stereocenters. The van der Waals surface area contributed by atoms with Gasteiger partial charge in [-0.15, -0.1) is 6.58 Å². The van der Waals surface area contributed by atoms with E-state index in [9.17, 15) is 14.0 Å². The molecule has 0 fully saturated rings. The van der Waals surface area contributed by atoms with Crippen LogP contribution in [-0.4, -0.2) is 34.3 Å². The predicted octanol–water partition coefficient (Wildman–Crippen LogP) is 7.76. The van der Waals surface area contributed by atoms with Gasteiger partial charge >= 0.3 is 5.97 Å². The van der Waals surface area contributed by atoms with Crippen molar-refractivity contribution in [3.63, 3.8) is 0 Å². The van der Waals surface area contributed by atoms with Crippen molar-refractivity contribution in [2.45, 2.75) is 45.3 Å². The molecule has 1 aliphatic rings. The first-order valence-electron chi connectivity index (χ1n) is 14.4. The zero-order valence-electron chi connectivity index (χ0n) is 24.5. The summed E-state index contributed by atoms with van der Waals surface area (Å²) in [6, 6.07) is 25.6. The Morgan fingerprint density at radius 1 is 1.05 bits per heavy atom. The number of ether oxygens (including phenoxy) is 1. The Bertz CT molecular complexity index is 1560. The molecule has 4 aromatic rings. The Balaban J connectivity index is 0.000000996. The summed E-state index contributed by atoms with van der Waals surface area (Å²) in [6.07, 6.45) is 5.68. The lowest BCUT2D eigenvalue weighted by Gasteiger charge is -2.22. The van der Waals surface area contributed by atoms with Crippen molar-refractivity contribution in [2.24, 2.45) is 0 Å². The Morgan fingerprint density at radius 3 is 2.26 bits per heavy atom. The van der Waals surface area contributed by atoms with Crippen LogP contribution in [0.3, 0.4) is 0 Å². The van der Waals surface area contributed by atoms with Gasteiger partial charge in [-0.2, -0.15) is 0 Å². The Kier molecular flexibility index (Phi) is 10.8. The number of nitrogens with zero attached hydrogens (tertiary/aromatic N) is 1. The molecule has 43 heavy (non-hydrogen) atoms. The average molecular weight is 581 g/mol. The molecule has 0 saturated carbocycles. The number of aliphatic hydroxyl groups is 1. The highest BCUT2D eigenvalue weighted by atomic mass is 19.1. The van der Waals surface area contributed by atoms with Crippen LogP contribution >= 0.6 is 0 Å². The molecule has 2 N–H and O–H groups in total. The predicted molar refractivity (Wildman–Crippen MR) is 169 cm³/mol. The minimum Gasteiger partial charge on any atom is -0.459 e. The average Bonchev–Trinajstić information content (AvgIpc) is 3.37. The highest BCUT2D eigenvalue weighted by molar-refractivity contribution is 6.12. The lowest BCUT2D eigenvalue weighted by Crippen LogP contribution is -2.22. The van der Waals surface area contributed by atoms with E-state index in [1.807, 2.05) is 66.7 Å². The van der Waals surface area contributed by atoms with Crippen molar-refractivity contribution in [1.82, 2.24) is 4.57 Å². The van der Waals surface area contributed by atoms with E-state index in [-0.39, 0.29) is 36.3 Å². The molecule has 222 valence electrons. The molecular weight excluding hydrogens is 543 g/mol. The molecule has 1 aromatic heterocycles. The molecule has 7 heteroatoms. The van der Waals surface area contributed by atoms with E-state index in [1.165, 1.54) is 24.3 Å². The Hall–Kier alpha value is -4.75. The van der Waals surface area contributed by atoms with Crippen LogP contribution in [-0.2, 0) is 16.1 Å². The van der Waals surface area contributed by atoms with Gasteiger partial charge in [-0.25, -0.2) is 9.18 Å². The van der Waals surface area contributed by atoms with Crippen molar-refractivity contribution < 1.29 is 23.8 Å². The van der Waals surface area contributed by atoms with Crippen molar-refractivity contribution in [1.29, 1.82) is 0 Å². The fourth-order valence-electron chi connectivity index (χ4n) is 5.23. The summed E-state index contributed by atoms with van der Waals surface area (Å²) >= 11 is 0. The summed E-state index contributed by atoms with van der Waals surface area (Å²) in [5.74, 6) is -0.885. The summed E-state index contributed by atoms with van der Waals surface area (Å²) in [5, 5.41) is 10.8. The second-order valence-corrected chi connectivity index (χ2v) is 10.4. The number of esters is 1. The number of benzene rings is 3. The summed E-state index contributed by atoms with van der Waals surface area (Å²) in [4.78, 5) is 26.0. The highest BCUT2D eigenvalue weighted by Crippen LogP contribution is 2.42. The van der Waals surface area contributed by atoms with Crippen molar-refractivity contribution >= 4 is 17.6 Å². The van der Waals surface area contributed by atoms with Gasteiger partial charge < -0.3 is 19.7 Å². The minimum atomic E-state index is -0.338. The van der Waals surface area contributed by atoms with Crippen LogP contribution in [0.4, 0.5) is 10.1 Å². The number of nitrogens with one attached hydrogen (secondary N) is 1. The van der Waals surface area contributed by atoms with E-state index >= 15 is 0 Å². The molecule has 0 radical (unpaired) electrons. The summed E-state index contributed by atoms with van der Waals surface area (Å²) in [6.45, 7) is 7.97. The lowest BCUT2D eigenvalue weighted by atomic mass is 9.94. The van der Waals surface area contributed by atoms with Gasteiger partial charge in [0.2, 0.25) is 0 Å². The fraction of sp³-hybridized carbons (Fsp3) is 0.222. The van der Waals surface area contributed by atoms with E-state index in [4.69, 9.17) is 9.84 Å². The maximum atomic E-state index is 14.1. The van der Waals surface area contributed by atoms with Gasteiger partial charge in [-0.3, -0.25) is 4.79 Å². The van der Waals surface area contributed by atoms with Crippen LogP contribution in [0.1, 0.15) is 48.7 Å². The van der Waals surface area contributed by atoms with Crippen molar-refractivity contribution in [3.05, 3.63) is 127 Å². The third-order valence-electron chi connectivity index (χ3n) is 7.03. The molecule has 0 saturated heterocycles. The molecule has 0 spiro atoms. The number of carbonyl (C=O) groups is 2. The highest BCUT2D eigenvalue weighted by Gasteiger charge is 2.31. The first-order valence-corrected chi connectivity index (χ1v) is 14.4. The van der Waals surface area contributed by atoms with Gasteiger partial charge in [0, 0.05) is 42.4 Å². The number of amides is 1. The second kappa shape index (κ2) is 14.9. The van der Waals surface area contributed by atoms with Crippen LogP contribution in [0.5, 0.6) is 0 Å². The number of carbonyl (C=O) groups excluding carboxylic acids is 2. The minimum absolute atomic E-state index is 0.00742. The number of aromatic nitrogens is 1. The number of hydrogen-bond donors (Lipinski definition) is 2. The number of anilines is 1. The summed E-state index contributed by atoms with van der Waals surface area (Å²) in [5.41, 5.74) is 5.48. The maximum Gasteiger partial charge on any atom is 0.330 e. The zero-order valence-corrected chi connectivity index (χ0v) is 24.5. The molecule has 1 atom stereocenters. The van der Waals surface area contributed by atoms with Gasteiger partial charge in [-0.1, -0.05) is 74.5 Å². The number of aliphatic hydroxyl groups excluding tert-OH is 1. The molecule has 5 rings (SSSR count). The van der Waals surface area contributed by atoms with Crippen molar-refractivity contribution in [3.8, 4) is 22.4 Å². The maximum absolute atomic E-state index is 14.1. The molecule has 1 aliphatic heterocycles. The molecule has 1 amide bonds. The van der Waals surface area contributed by atoms with E-state index in [2.05, 4.69) is 30.3 Å². The molecule has 6 nitrogen and oxygen atoms in total.